The molecule has 96 valence electrons. The highest BCUT2D eigenvalue weighted by Crippen LogP contribution is 2.23. The number of nitrogens with zero attached hydrogens (tertiary/aromatic N) is 1. The fraction of sp³-hybridized carbons (Fsp3) is 0.333. The molecule has 0 amide bonds. The van der Waals surface area contributed by atoms with Gasteiger partial charge in [0.05, 0.1) is 0 Å². The van der Waals surface area contributed by atoms with E-state index in [-0.39, 0.29) is 0 Å². The van der Waals surface area contributed by atoms with Gasteiger partial charge in [-0.15, -0.1) is 11.3 Å². The first-order chi connectivity index (χ1) is 8.66. The third-order valence-electron chi connectivity index (χ3n) is 3.32. The Morgan fingerprint density at radius 2 is 2.11 bits per heavy atom. The fourth-order valence-electron chi connectivity index (χ4n) is 1.99. The number of benzene rings is 1. The van der Waals surface area contributed by atoms with Crippen molar-refractivity contribution in [3.8, 4) is 0 Å². The Morgan fingerprint density at radius 1 is 1.28 bits per heavy atom. The summed E-state index contributed by atoms with van der Waals surface area (Å²) in [5.41, 5.74) is 7.94. The van der Waals surface area contributed by atoms with Gasteiger partial charge >= 0.3 is 0 Å². The lowest BCUT2D eigenvalue weighted by molar-refractivity contribution is 0.268. The molecule has 0 spiro atoms. The lowest BCUT2D eigenvalue weighted by Crippen LogP contribution is -2.24. The molecule has 3 heteroatoms. The highest BCUT2D eigenvalue weighted by molar-refractivity contribution is 7.10. The highest BCUT2D eigenvalue weighted by Gasteiger charge is 2.11. The third kappa shape index (κ3) is 3.34. The van der Waals surface area contributed by atoms with E-state index in [0.717, 1.165) is 18.7 Å². The lowest BCUT2D eigenvalue weighted by atomic mass is 10.1. The third-order valence-corrected chi connectivity index (χ3v) is 4.36. The van der Waals surface area contributed by atoms with Gasteiger partial charge in [-0.2, -0.15) is 0 Å². The van der Waals surface area contributed by atoms with Gasteiger partial charge in [-0.05, 0) is 49.5 Å². The second-order valence-corrected chi connectivity index (χ2v) is 5.65. The van der Waals surface area contributed by atoms with Crippen molar-refractivity contribution in [3.63, 3.8) is 0 Å². The average Bonchev–Trinajstić information content (AvgIpc) is 2.89. The number of hydrogen-bond donors (Lipinski definition) is 1. The van der Waals surface area contributed by atoms with Crippen molar-refractivity contribution in [1.82, 2.24) is 4.90 Å². The van der Waals surface area contributed by atoms with Gasteiger partial charge in [-0.25, -0.2) is 0 Å². The number of nitrogen functional groups attached to an aromatic ring is 1. The molecular formula is C15H20N2S. The van der Waals surface area contributed by atoms with Gasteiger partial charge in [0.2, 0.25) is 0 Å². The molecule has 1 atom stereocenters. The maximum Gasteiger partial charge on any atom is 0.0410 e. The summed E-state index contributed by atoms with van der Waals surface area (Å²) >= 11 is 1.82. The maximum absolute atomic E-state index is 5.79. The van der Waals surface area contributed by atoms with Crippen LogP contribution in [0.2, 0.25) is 0 Å². The monoisotopic (exact) mass is 260 g/mol. The molecule has 0 aliphatic carbocycles. The number of thiophene rings is 1. The molecule has 0 saturated carbocycles. The Labute approximate surface area is 113 Å². The smallest absolute Gasteiger partial charge is 0.0410 e. The summed E-state index contributed by atoms with van der Waals surface area (Å²) in [6, 6.07) is 12.9. The molecule has 0 bridgehead atoms. The first kappa shape index (κ1) is 13.1. The molecule has 0 radical (unpaired) electrons. The van der Waals surface area contributed by atoms with Crippen molar-refractivity contribution >= 4 is 17.0 Å². The topological polar surface area (TPSA) is 29.3 Å². The van der Waals surface area contributed by atoms with Crippen molar-refractivity contribution < 1.29 is 0 Å². The minimum atomic E-state index is 0.478. The molecule has 2 aromatic rings. The van der Waals surface area contributed by atoms with Crippen LogP contribution in [0.3, 0.4) is 0 Å². The summed E-state index contributed by atoms with van der Waals surface area (Å²) in [6.07, 6.45) is 1.04. The number of likely N-dealkylation sites (N-methyl/N-ethyl adjacent to an activating group) is 1. The number of hydrogen-bond acceptors (Lipinski definition) is 3. The molecule has 0 saturated heterocycles. The summed E-state index contributed by atoms with van der Waals surface area (Å²) < 4.78 is 0. The Kier molecular flexibility index (Phi) is 4.39. The van der Waals surface area contributed by atoms with E-state index in [1.165, 1.54) is 10.4 Å². The van der Waals surface area contributed by atoms with Crippen molar-refractivity contribution in [2.45, 2.75) is 19.4 Å². The normalized spacial score (nSPS) is 12.8. The first-order valence-corrected chi connectivity index (χ1v) is 7.13. The predicted molar refractivity (Wildman–Crippen MR) is 79.9 cm³/mol. The zero-order valence-electron chi connectivity index (χ0n) is 11.0. The molecule has 0 aliphatic rings. The van der Waals surface area contributed by atoms with E-state index in [0.29, 0.717) is 6.04 Å². The fourth-order valence-corrected chi connectivity index (χ4v) is 2.84. The van der Waals surface area contributed by atoms with Crippen LogP contribution < -0.4 is 5.73 Å². The Bertz CT molecular complexity index is 479. The summed E-state index contributed by atoms with van der Waals surface area (Å²) in [4.78, 5) is 3.81. The minimum Gasteiger partial charge on any atom is -0.399 e. The van der Waals surface area contributed by atoms with Gasteiger partial charge in [0, 0.05) is 23.2 Å². The number of rotatable bonds is 5. The quantitative estimate of drug-likeness (QED) is 0.833. The second-order valence-electron chi connectivity index (χ2n) is 4.67. The van der Waals surface area contributed by atoms with Gasteiger partial charge in [0.15, 0.2) is 0 Å². The molecule has 0 aliphatic heterocycles. The zero-order valence-corrected chi connectivity index (χ0v) is 11.8. The summed E-state index contributed by atoms with van der Waals surface area (Å²) in [6.45, 7) is 3.30. The molecule has 1 aromatic carbocycles. The van der Waals surface area contributed by atoms with Crippen molar-refractivity contribution in [1.29, 1.82) is 0 Å². The predicted octanol–water partition coefficient (Wildman–Crippen LogP) is 3.57. The van der Waals surface area contributed by atoms with E-state index in [9.17, 15) is 0 Å². The van der Waals surface area contributed by atoms with Crippen LogP contribution in [0.5, 0.6) is 0 Å². The SMILES string of the molecule is CC(c1cccs1)N(C)CCc1cccc(N)c1. The molecule has 1 unspecified atom stereocenters. The van der Waals surface area contributed by atoms with E-state index in [4.69, 9.17) is 5.73 Å². The average molecular weight is 260 g/mol. The molecule has 1 heterocycles. The Morgan fingerprint density at radius 3 is 2.78 bits per heavy atom. The van der Waals surface area contributed by atoms with Crippen molar-refractivity contribution in [2.24, 2.45) is 0 Å². The van der Waals surface area contributed by atoms with Gasteiger partial charge < -0.3 is 5.73 Å². The molecule has 1 aromatic heterocycles. The largest absolute Gasteiger partial charge is 0.399 e. The number of anilines is 1. The van der Waals surface area contributed by atoms with Crippen LogP contribution in [0.25, 0.3) is 0 Å². The summed E-state index contributed by atoms with van der Waals surface area (Å²) in [5.74, 6) is 0. The molecule has 2 nitrogen and oxygen atoms in total. The van der Waals surface area contributed by atoms with Crippen LogP contribution >= 0.6 is 11.3 Å². The van der Waals surface area contributed by atoms with Gasteiger partial charge in [0.25, 0.3) is 0 Å². The Balaban J connectivity index is 1.90. The minimum absolute atomic E-state index is 0.478. The van der Waals surface area contributed by atoms with Crippen LogP contribution in [0.1, 0.15) is 23.4 Å². The summed E-state index contributed by atoms with van der Waals surface area (Å²) in [7, 11) is 2.18. The van der Waals surface area contributed by atoms with Gasteiger partial charge in [0.1, 0.15) is 0 Å². The lowest BCUT2D eigenvalue weighted by Gasteiger charge is -2.23. The van der Waals surface area contributed by atoms with Gasteiger partial charge in [-0.3, -0.25) is 4.90 Å². The van der Waals surface area contributed by atoms with Crippen LogP contribution in [0.4, 0.5) is 5.69 Å². The summed E-state index contributed by atoms with van der Waals surface area (Å²) in [5, 5.41) is 2.14. The maximum atomic E-state index is 5.79. The second kappa shape index (κ2) is 6.03. The first-order valence-electron chi connectivity index (χ1n) is 6.25. The van der Waals surface area contributed by atoms with E-state index in [2.05, 4.69) is 48.5 Å². The van der Waals surface area contributed by atoms with Crippen LogP contribution in [-0.4, -0.2) is 18.5 Å². The van der Waals surface area contributed by atoms with Crippen molar-refractivity contribution in [2.75, 3.05) is 19.3 Å². The van der Waals surface area contributed by atoms with Crippen LogP contribution in [0, 0.1) is 0 Å². The molecule has 0 fully saturated rings. The Hall–Kier alpha value is -1.32. The van der Waals surface area contributed by atoms with E-state index >= 15 is 0 Å². The van der Waals surface area contributed by atoms with Crippen LogP contribution in [-0.2, 0) is 6.42 Å². The van der Waals surface area contributed by atoms with Crippen molar-refractivity contribution in [3.05, 3.63) is 52.2 Å². The highest BCUT2D eigenvalue weighted by atomic mass is 32.1. The molecule has 18 heavy (non-hydrogen) atoms. The molecule has 2 rings (SSSR count). The standard InChI is InChI=1S/C15H20N2S/c1-12(15-7-4-10-18-15)17(2)9-8-13-5-3-6-14(16)11-13/h3-7,10-12H,8-9,16H2,1-2H3. The molecule has 2 N–H and O–H groups in total. The van der Waals surface area contributed by atoms with E-state index in [1.807, 2.05) is 23.5 Å². The van der Waals surface area contributed by atoms with E-state index < -0.39 is 0 Å². The van der Waals surface area contributed by atoms with Crippen LogP contribution in [0.15, 0.2) is 41.8 Å². The zero-order chi connectivity index (χ0) is 13.0. The molecular weight excluding hydrogens is 240 g/mol. The number of nitrogens with two attached hydrogens (primary N) is 1. The van der Waals surface area contributed by atoms with E-state index in [1.54, 1.807) is 0 Å². The van der Waals surface area contributed by atoms with Gasteiger partial charge in [-0.1, -0.05) is 18.2 Å².